The van der Waals surface area contributed by atoms with E-state index in [1.165, 1.54) is 18.1 Å². The van der Waals surface area contributed by atoms with E-state index in [1.54, 1.807) is 25.3 Å². The van der Waals surface area contributed by atoms with Gasteiger partial charge in [0.05, 0.1) is 5.56 Å². The summed E-state index contributed by atoms with van der Waals surface area (Å²) in [5.41, 5.74) is 6.89. The molecule has 18 heavy (non-hydrogen) atoms. The van der Waals surface area contributed by atoms with Crippen LogP contribution < -0.4 is 5.73 Å². The number of aromatic nitrogens is 2. The molecule has 0 unspecified atom stereocenters. The van der Waals surface area contributed by atoms with Gasteiger partial charge in [0.15, 0.2) is 0 Å². The Morgan fingerprint density at radius 3 is 2.83 bits per heavy atom. The highest BCUT2D eigenvalue weighted by molar-refractivity contribution is 7.99. The van der Waals surface area contributed by atoms with Crippen LogP contribution in [0.15, 0.2) is 40.6 Å². The van der Waals surface area contributed by atoms with Gasteiger partial charge in [-0.25, -0.2) is 14.8 Å². The first-order valence-corrected chi connectivity index (χ1v) is 5.97. The van der Waals surface area contributed by atoms with Gasteiger partial charge in [-0.15, -0.1) is 0 Å². The maximum atomic E-state index is 11.1. The molecule has 1 aromatic carbocycles. The minimum Gasteiger partial charge on any atom is -0.478 e. The number of nitrogens with two attached hydrogens (primary N) is 1. The van der Waals surface area contributed by atoms with E-state index in [-0.39, 0.29) is 5.56 Å². The van der Waals surface area contributed by atoms with Gasteiger partial charge in [0.2, 0.25) is 0 Å². The van der Waals surface area contributed by atoms with Crippen molar-refractivity contribution in [2.24, 2.45) is 0 Å². The second-order valence-corrected chi connectivity index (χ2v) is 4.75. The molecule has 0 amide bonds. The Kier molecular flexibility index (Phi) is 3.47. The lowest BCUT2D eigenvalue weighted by molar-refractivity contribution is 0.0697. The fourth-order valence-corrected chi connectivity index (χ4v) is 2.34. The molecule has 2 rings (SSSR count). The highest BCUT2D eigenvalue weighted by Gasteiger charge is 2.12. The van der Waals surface area contributed by atoms with E-state index in [0.29, 0.717) is 5.69 Å². The van der Waals surface area contributed by atoms with E-state index in [9.17, 15) is 4.79 Å². The average molecular weight is 261 g/mol. The van der Waals surface area contributed by atoms with Crippen molar-refractivity contribution in [1.82, 2.24) is 9.97 Å². The summed E-state index contributed by atoms with van der Waals surface area (Å²) < 4.78 is 0. The zero-order valence-corrected chi connectivity index (χ0v) is 10.4. The first-order valence-electron chi connectivity index (χ1n) is 5.15. The van der Waals surface area contributed by atoms with Crippen LogP contribution in [0.1, 0.15) is 15.9 Å². The molecule has 0 bridgehead atoms. The summed E-state index contributed by atoms with van der Waals surface area (Å²) in [6.45, 7) is 1.78. The van der Waals surface area contributed by atoms with Crippen LogP contribution in [0.2, 0.25) is 0 Å². The standard InChI is InChI=1S/C12H11N3O2S/c1-7-4-8(5-9(11(7)13)12(16)17)18-10-2-3-14-6-15-10/h2-6H,13H2,1H3,(H,16,17). The van der Waals surface area contributed by atoms with E-state index in [0.717, 1.165) is 15.5 Å². The number of nitrogens with zero attached hydrogens (tertiary/aromatic N) is 2. The van der Waals surface area contributed by atoms with E-state index >= 15 is 0 Å². The molecule has 0 saturated heterocycles. The number of aromatic carboxylic acids is 1. The van der Waals surface area contributed by atoms with Crippen molar-refractivity contribution in [3.8, 4) is 0 Å². The summed E-state index contributed by atoms with van der Waals surface area (Å²) in [4.78, 5) is 19.8. The number of carboxylic acid groups (broad SMARTS) is 1. The Morgan fingerprint density at radius 2 is 2.22 bits per heavy atom. The fraction of sp³-hybridized carbons (Fsp3) is 0.0833. The number of rotatable bonds is 3. The van der Waals surface area contributed by atoms with Gasteiger partial charge in [-0.1, -0.05) is 11.8 Å². The zero-order chi connectivity index (χ0) is 13.1. The SMILES string of the molecule is Cc1cc(Sc2ccncn2)cc(C(=O)O)c1N. The van der Waals surface area contributed by atoms with Crippen LogP contribution in [0.3, 0.4) is 0 Å². The molecule has 0 fully saturated rings. The molecule has 5 nitrogen and oxygen atoms in total. The summed E-state index contributed by atoms with van der Waals surface area (Å²) in [6.07, 6.45) is 3.09. The Labute approximate surface area is 108 Å². The fourth-order valence-electron chi connectivity index (χ4n) is 1.46. The predicted molar refractivity (Wildman–Crippen MR) is 68.7 cm³/mol. The van der Waals surface area contributed by atoms with Crippen molar-refractivity contribution < 1.29 is 9.90 Å². The highest BCUT2D eigenvalue weighted by atomic mass is 32.2. The Morgan fingerprint density at radius 1 is 1.44 bits per heavy atom. The molecule has 1 aromatic heterocycles. The number of carbonyl (C=O) groups is 1. The number of aryl methyl sites for hydroxylation is 1. The molecule has 0 spiro atoms. The third-order valence-electron chi connectivity index (χ3n) is 2.37. The lowest BCUT2D eigenvalue weighted by Gasteiger charge is -2.08. The molecule has 2 aromatic rings. The van der Waals surface area contributed by atoms with Gasteiger partial charge < -0.3 is 10.8 Å². The molecule has 0 aliphatic rings. The average Bonchev–Trinajstić information content (AvgIpc) is 2.34. The first kappa shape index (κ1) is 12.4. The number of hydrogen-bond acceptors (Lipinski definition) is 5. The maximum absolute atomic E-state index is 11.1. The first-order chi connectivity index (χ1) is 8.58. The normalized spacial score (nSPS) is 10.3. The minimum atomic E-state index is -1.03. The number of anilines is 1. The second-order valence-electron chi connectivity index (χ2n) is 3.66. The van der Waals surface area contributed by atoms with Gasteiger partial charge in [-0.2, -0.15) is 0 Å². The van der Waals surface area contributed by atoms with Crippen LogP contribution in [-0.4, -0.2) is 21.0 Å². The van der Waals surface area contributed by atoms with E-state index < -0.39 is 5.97 Å². The lowest BCUT2D eigenvalue weighted by atomic mass is 10.1. The topological polar surface area (TPSA) is 89.1 Å². The summed E-state index contributed by atoms with van der Waals surface area (Å²) in [5.74, 6) is -1.03. The van der Waals surface area contributed by atoms with Crippen LogP contribution in [0.5, 0.6) is 0 Å². The molecule has 6 heteroatoms. The van der Waals surface area contributed by atoms with Crippen LogP contribution in [0.25, 0.3) is 0 Å². The largest absolute Gasteiger partial charge is 0.478 e. The summed E-state index contributed by atoms with van der Waals surface area (Å²) in [6, 6.07) is 5.16. The van der Waals surface area contributed by atoms with Gasteiger partial charge >= 0.3 is 5.97 Å². The van der Waals surface area contributed by atoms with Crippen LogP contribution in [0.4, 0.5) is 5.69 Å². The third kappa shape index (κ3) is 2.60. The number of hydrogen-bond donors (Lipinski definition) is 2. The molecule has 92 valence electrons. The number of nitrogen functional groups attached to an aromatic ring is 1. The molecular formula is C12H11N3O2S. The van der Waals surface area contributed by atoms with E-state index in [1.807, 2.05) is 6.07 Å². The van der Waals surface area contributed by atoms with Gasteiger partial charge in [0.25, 0.3) is 0 Å². The van der Waals surface area contributed by atoms with Gasteiger partial charge in [-0.05, 0) is 30.7 Å². The predicted octanol–water partition coefficient (Wildman–Crippen LogP) is 2.22. The maximum Gasteiger partial charge on any atom is 0.337 e. The molecule has 0 radical (unpaired) electrons. The Balaban J connectivity index is 2.38. The summed E-state index contributed by atoms with van der Waals surface area (Å²) in [7, 11) is 0. The summed E-state index contributed by atoms with van der Waals surface area (Å²) >= 11 is 1.37. The highest BCUT2D eigenvalue weighted by Crippen LogP contribution is 2.30. The van der Waals surface area contributed by atoms with Crippen molar-refractivity contribution in [3.63, 3.8) is 0 Å². The van der Waals surface area contributed by atoms with Crippen LogP contribution >= 0.6 is 11.8 Å². The molecule has 0 atom stereocenters. The second kappa shape index (κ2) is 5.05. The molecule has 0 saturated carbocycles. The van der Waals surface area contributed by atoms with Gasteiger partial charge in [-0.3, -0.25) is 0 Å². The zero-order valence-electron chi connectivity index (χ0n) is 9.62. The van der Waals surface area contributed by atoms with Crippen molar-refractivity contribution >= 4 is 23.4 Å². The van der Waals surface area contributed by atoms with Crippen molar-refractivity contribution in [3.05, 3.63) is 41.9 Å². The lowest BCUT2D eigenvalue weighted by Crippen LogP contribution is -2.04. The Hall–Kier alpha value is -2.08. The monoisotopic (exact) mass is 261 g/mol. The van der Waals surface area contributed by atoms with Crippen molar-refractivity contribution in [1.29, 1.82) is 0 Å². The number of carboxylic acids is 1. The molecular weight excluding hydrogens is 250 g/mol. The van der Waals surface area contributed by atoms with Gasteiger partial charge in [0, 0.05) is 16.8 Å². The van der Waals surface area contributed by atoms with Crippen molar-refractivity contribution in [2.75, 3.05) is 5.73 Å². The quantitative estimate of drug-likeness (QED) is 0.650. The third-order valence-corrected chi connectivity index (χ3v) is 3.29. The van der Waals surface area contributed by atoms with Gasteiger partial charge in [0.1, 0.15) is 11.4 Å². The van der Waals surface area contributed by atoms with Crippen LogP contribution in [0, 0.1) is 6.92 Å². The van der Waals surface area contributed by atoms with Crippen LogP contribution in [-0.2, 0) is 0 Å². The molecule has 3 N–H and O–H groups in total. The van der Waals surface area contributed by atoms with E-state index in [2.05, 4.69) is 9.97 Å². The molecule has 1 heterocycles. The number of benzene rings is 1. The van der Waals surface area contributed by atoms with E-state index in [4.69, 9.17) is 10.8 Å². The molecule has 0 aliphatic carbocycles. The van der Waals surface area contributed by atoms with Crippen molar-refractivity contribution in [2.45, 2.75) is 16.8 Å². The smallest absolute Gasteiger partial charge is 0.337 e. The Bertz CT molecular complexity index is 587. The minimum absolute atomic E-state index is 0.117. The molecule has 0 aliphatic heterocycles. The summed E-state index contributed by atoms with van der Waals surface area (Å²) in [5, 5.41) is 9.82.